The van der Waals surface area contributed by atoms with Crippen LogP contribution in [0.5, 0.6) is 0 Å². The van der Waals surface area contributed by atoms with Crippen LogP contribution in [0.3, 0.4) is 0 Å². The number of hydrogen-bond acceptors (Lipinski definition) is 4. The Labute approximate surface area is 177 Å². The van der Waals surface area contributed by atoms with Crippen molar-refractivity contribution < 1.29 is 19.1 Å². The van der Waals surface area contributed by atoms with Gasteiger partial charge in [0.15, 0.2) is 6.61 Å². The molecule has 2 amide bonds. The van der Waals surface area contributed by atoms with E-state index in [1.807, 2.05) is 44.2 Å². The van der Waals surface area contributed by atoms with Gasteiger partial charge >= 0.3 is 5.97 Å². The molecule has 1 aliphatic heterocycles. The van der Waals surface area contributed by atoms with E-state index < -0.39 is 17.8 Å². The van der Waals surface area contributed by atoms with Gasteiger partial charge in [-0.2, -0.15) is 0 Å². The molecule has 158 valence electrons. The van der Waals surface area contributed by atoms with Gasteiger partial charge in [-0.15, -0.1) is 0 Å². The zero-order valence-corrected chi connectivity index (χ0v) is 17.5. The second-order valence-corrected chi connectivity index (χ2v) is 7.63. The number of esters is 1. The molecule has 1 aliphatic rings. The lowest BCUT2D eigenvalue weighted by Crippen LogP contribution is -2.27. The highest BCUT2D eigenvalue weighted by molar-refractivity contribution is 5.96. The summed E-state index contributed by atoms with van der Waals surface area (Å²) in [5.74, 6) is -0.976. The van der Waals surface area contributed by atoms with Gasteiger partial charge in [0.05, 0.1) is 5.92 Å². The van der Waals surface area contributed by atoms with E-state index in [1.165, 1.54) is 0 Å². The fourth-order valence-corrected chi connectivity index (χ4v) is 3.66. The summed E-state index contributed by atoms with van der Waals surface area (Å²) in [6, 6.07) is 16.6. The van der Waals surface area contributed by atoms with Crippen LogP contribution in [0.1, 0.15) is 44.6 Å². The number of amides is 2. The van der Waals surface area contributed by atoms with Crippen molar-refractivity contribution in [2.75, 3.05) is 23.4 Å². The minimum Gasteiger partial charge on any atom is -0.455 e. The average molecular weight is 408 g/mol. The molecule has 2 aromatic carbocycles. The highest BCUT2D eigenvalue weighted by atomic mass is 16.5. The molecular weight excluding hydrogens is 380 g/mol. The molecule has 0 aromatic heterocycles. The Morgan fingerprint density at radius 3 is 2.40 bits per heavy atom. The largest absolute Gasteiger partial charge is 0.455 e. The molecule has 0 saturated carbocycles. The van der Waals surface area contributed by atoms with Crippen molar-refractivity contribution >= 4 is 29.2 Å². The first-order valence-electron chi connectivity index (χ1n) is 10.4. The van der Waals surface area contributed by atoms with Gasteiger partial charge in [0.25, 0.3) is 5.91 Å². The molecule has 1 N–H and O–H groups in total. The fourth-order valence-electron chi connectivity index (χ4n) is 3.66. The molecule has 0 spiro atoms. The molecule has 6 nitrogen and oxygen atoms in total. The summed E-state index contributed by atoms with van der Waals surface area (Å²) < 4.78 is 5.33. The molecule has 3 rings (SSSR count). The minimum atomic E-state index is -0.402. The maximum atomic E-state index is 12.7. The Morgan fingerprint density at radius 1 is 1.10 bits per heavy atom. The lowest BCUT2D eigenvalue weighted by molar-refractivity contribution is -0.150. The Balaban J connectivity index is 1.55. The molecule has 6 heteroatoms. The van der Waals surface area contributed by atoms with Crippen LogP contribution in [-0.4, -0.2) is 30.9 Å². The van der Waals surface area contributed by atoms with Gasteiger partial charge in [-0.1, -0.05) is 50.6 Å². The van der Waals surface area contributed by atoms with Crippen molar-refractivity contribution in [3.8, 4) is 0 Å². The third-order valence-electron chi connectivity index (χ3n) is 5.51. The summed E-state index contributed by atoms with van der Waals surface area (Å²) in [5, 5.41) is 2.73. The van der Waals surface area contributed by atoms with E-state index in [4.69, 9.17) is 4.74 Å². The van der Waals surface area contributed by atoms with Crippen molar-refractivity contribution in [2.45, 2.75) is 39.0 Å². The van der Waals surface area contributed by atoms with E-state index in [2.05, 4.69) is 5.32 Å². The van der Waals surface area contributed by atoms with E-state index in [-0.39, 0.29) is 18.4 Å². The van der Waals surface area contributed by atoms with Crippen molar-refractivity contribution in [2.24, 2.45) is 5.92 Å². The number of nitrogens with zero attached hydrogens (tertiary/aromatic N) is 1. The standard InChI is InChI=1S/C24H28N2O4/c1-3-17(2)23(18-8-5-4-6-9-18)24(29)30-16-21(27)25-19-11-13-20(14-12-19)26-15-7-10-22(26)28/h4-6,8-9,11-14,17,23H,3,7,10,15-16H2,1-2H3,(H,25,27)/t17-,23-/m1/s1. The number of anilines is 2. The Hall–Kier alpha value is -3.15. The number of rotatable bonds is 8. The third kappa shape index (κ3) is 5.26. The van der Waals surface area contributed by atoms with Gasteiger partial charge in [0, 0.05) is 24.3 Å². The van der Waals surface area contributed by atoms with Gasteiger partial charge in [-0.3, -0.25) is 14.4 Å². The summed E-state index contributed by atoms with van der Waals surface area (Å²) in [6.07, 6.45) is 2.26. The first-order chi connectivity index (χ1) is 14.5. The quantitative estimate of drug-likeness (QED) is 0.667. The molecule has 0 bridgehead atoms. The van der Waals surface area contributed by atoms with E-state index in [0.29, 0.717) is 12.1 Å². The number of carbonyl (C=O) groups excluding carboxylic acids is 3. The highest BCUT2D eigenvalue weighted by Gasteiger charge is 2.28. The molecule has 1 saturated heterocycles. The maximum Gasteiger partial charge on any atom is 0.314 e. The topological polar surface area (TPSA) is 75.7 Å². The molecule has 2 atom stereocenters. The van der Waals surface area contributed by atoms with Crippen LogP contribution >= 0.6 is 0 Å². The van der Waals surface area contributed by atoms with Crippen molar-refractivity contribution in [3.05, 3.63) is 60.2 Å². The number of ether oxygens (including phenoxy) is 1. The van der Waals surface area contributed by atoms with Gasteiger partial charge in [0.1, 0.15) is 0 Å². The number of carbonyl (C=O) groups is 3. The zero-order chi connectivity index (χ0) is 21.5. The summed E-state index contributed by atoms with van der Waals surface area (Å²) in [4.78, 5) is 38.5. The van der Waals surface area contributed by atoms with Gasteiger partial charge in [0.2, 0.25) is 5.91 Å². The summed E-state index contributed by atoms with van der Waals surface area (Å²) in [7, 11) is 0. The molecule has 1 fully saturated rings. The monoisotopic (exact) mass is 408 g/mol. The van der Waals surface area contributed by atoms with E-state index in [1.54, 1.807) is 29.2 Å². The molecule has 0 unspecified atom stereocenters. The van der Waals surface area contributed by atoms with E-state index >= 15 is 0 Å². The summed E-state index contributed by atoms with van der Waals surface area (Å²) >= 11 is 0. The zero-order valence-electron chi connectivity index (χ0n) is 17.5. The normalized spacial score (nSPS) is 15.5. The number of nitrogens with one attached hydrogen (secondary N) is 1. The Morgan fingerprint density at radius 2 is 1.80 bits per heavy atom. The second kappa shape index (κ2) is 10.1. The van der Waals surface area contributed by atoms with Crippen molar-refractivity contribution in [1.29, 1.82) is 0 Å². The lowest BCUT2D eigenvalue weighted by Gasteiger charge is -2.21. The van der Waals surface area contributed by atoms with Crippen LogP contribution in [0.4, 0.5) is 11.4 Å². The molecule has 0 radical (unpaired) electrons. The molecular formula is C24H28N2O4. The van der Waals surface area contributed by atoms with Crippen LogP contribution < -0.4 is 10.2 Å². The van der Waals surface area contributed by atoms with Gasteiger partial charge in [-0.05, 0) is 42.2 Å². The molecule has 1 heterocycles. The lowest BCUT2D eigenvalue weighted by atomic mass is 9.86. The first kappa shape index (κ1) is 21.6. The van der Waals surface area contributed by atoms with Gasteiger partial charge < -0.3 is 15.0 Å². The fraction of sp³-hybridized carbons (Fsp3) is 0.375. The number of benzene rings is 2. The third-order valence-corrected chi connectivity index (χ3v) is 5.51. The second-order valence-electron chi connectivity index (χ2n) is 7.63. The molecule has 30 heavy (non-hydrogen) atoms. The van der Waals surface area contributed by atoms with Gasteiger partial charge in [-0.25, -0.2) is 0 Å². The van der Waals surface area contributed by atoms with E-state index in [9.17, 15) is 14.4 Å². The Kier molecular flexibility index (Phi) is 7.22. The first-order valence-corrected chi connectivity index (χ1v) is 10.4. The maximum absolute atomic E-state index is 12.7. The van der Waals surface area contributed by atoms with E-state index in [0.717, 1.165) is 30.6 Å². The average Bonchev–Trinajstić information content (AvgIpc) is 3.19. The van der Waals surface area contributed by atoms with Crippen LogP contribution in [0.2, 0.25) is 0 Å². The van der Waals surface area contributed by atoms with Crippen LogP contribution in [0, 0.1) is 5.92 Å². The van der Waals surface area contributed by atoms with Crippen LogP contribution in [0.25, 0.3) is 0 Å². The van der Waals surface area contributed by atoms with Crippen molar-refractivity contribution in [3.63, 3.8) is 0 Å². The molecule has 0 aliphatic carbocycles. The summed E-state index contributed by atoms with van der Waals surface area (Å²) in [6.45, 7) is 4.41. The SMILES string of the molecule is CC[C@@H](C)[C@@H](C(=O)OCC(=O)Nc1ccc(N2CCCC2=O)cc1)c1ccccc1. The smallest absolute Gasteiger partial charge is 0.314 e. The van der Waals surface area contributed by atoms with Crippen molar-refractivity contribution in [1.82, 2.24) is 0 Å². The van der Waals surface area contributed by atoms with Crippen LogP contribution in [0.15, 0.2) is 54.6 Å². The highest BCUT2D eigenvalue weighted by Crippen LogP contribution is 2.28. The predicted molar refractivity (Wildman–Crippen MR) is 116 cm³/mol. The summed E-state index contributed by atoms with van der Waals surface area (Å²) in [5.41, 5.74) is 2.30. The predicted octanol–water partition coefficient (Wildman–Crippen LogP) is 4.13. The molecule has 2 aromatic rings. The van der Waals surface area contributed by atoms with Crippen LogP contribution in [-0.2, 0) is 19.1 Å². The Bertz CT molecular complexity index is 880. The minimum absolute atomic E-state index is 0.101. The number of hydrogen-bond donors (Lipinski definition) is 1.